The monoisotopic (exact) mass is 1480 g/mol. The van der Waals surface area contributed by atoms with Gasteiger partial charge in [0.1, 0.15) is 5.78 Å². The summed E-state index contributed by atoms with van der Waals surface area (Å²) in [6.45, 7) is 40.1. The van der Waals surface area contributed by atoms with Gasteiger partial charge in [0.15, 0.2) is 0 Å². The van der Waals surface area contributed by atoms with Crippen molar-refractivity contribution in [3.63, 3.8) is 0 Å². The van der Waals surface area contributed by atoms with E-state index < -0.39 is 36.7 Å². The van der Waals surface area contributed by atoms with E-state index in [1.807, 2.05) is 67.6 Å². The van der Waals surface area contributed by atoms with Crippen LogP contribution >= 0.6 is 0 Å². The number of esters is 1. The van der Waals surface area contributed by atoms with E-state index in [-0.39, 0.29) is 71.1 Å². The number of carbonyl (C=O) groups excluding carboxylic acids is 4. The summed E-state index contributed by atoms with van der Waals surface area (Å²) >= 11 is 0. The molecule has 0 aromatic rings. The first kappa shape index (κ1) is 160. The number of rotatable bonds is 8. The second kappa shape index (κ2) is 116. The maximum atomic E-state index is 10.1. The summed E-state index contributed by atoms with van der Waals surface area (Å²) in [5, 5.41) is 18.1. The fraction of sp³-hybridized carbons (Fsp3) is 0.892. The van der Waals surface area contributed by atoms with E-state index in [4.69, 9.17) is 15.6 Å². The number of hydrogen-bond donors (Lipinski definition) is 3. The lowest BCUT2D eigenvalue weighted by atomic mass is 10.1. The van der Waals surface area contributed by atoms with Crippen molar-refractivity contribution in [2.24, 2.45) is 16.6 Å². The molecule has 0 aromatic heterocycles. The smallest absolute Gasteiger partial charge is 0.507 e. The number of ether oxygens (including phenoxy) is 6. The van der Waals surface area contributed by atoms with Crippen molar-refractivity contribution in [3.05, 3.63) is 16.4 Å². The summed E-state index contributed by atoms with van der Waals surface area (Å²) in [4.78, 5) is 46.2. The van der Waals surface area contributed by atoms with E-state index in [1.165, 1.54) is 85.0 Å². The maximum absolute atomic E-state index is 10.1. The van der Waals surface area contributed by atoms with Gasteiger partial charge in [-0.3, -0.25) is 27.1 Å². The number of aliphatic hydroxyl groups is 1. The molecule has 0 saturated heterocycles. The summed E-state index contributed by atoms with van der Waals surface area (Å²) in [6.07, 6.45) is 3.69. The van der Waals surface area contributed by atoms with Gasteiger partial charge in [-0.2, -0.15) is 16.8 Å². The molecule has 0 heterocycles. The molecule has 28 nitrogen and oxygen atoms in total. The number of aliphatic hydroxyl groups excluding tert-OH is 1. The molecule has 0 aliphatic heterocycles. The number of hydrogen-bond acceptors (Lipinski definition) is 24. The molecular weight excluding hydrogens is 1310 g/mol. The average Bonchev–Trinajstić information content (AvgIpc) is 3.34. The third-order valence-electron chi connectivity index (χ3n) is 4.77. The number of allylic oxidation sites excluding steroid dienone is 2. The van der Waals surface area contributed by atoms with Crippen LogP contribution in [0.4, 0.5) is 4.79 Å². The van der Waals surface area contributed by atoms with Crippen LogP contribution in [0, 0.1) is 11.1 Å². The molecule has 0 aliphatic carbocycles. The van der Waals surface area contributed by atoms with Crippen LogP contribution in [0.2, 0.25) is 0 Å². The second-order valence-corrected chi connectivity index (χ2v) is 28.1. The van der Waals surface area contributed by atoms with Crippen molar-refractivity contribution >= 4 is 60.1 Å². The Hall–Kier alpha value is -3.38. The number of methoxy groups -OCH3 is 6. The summed E-state index contributed by atoms with van der Waals surface area (Å²) in [5.74, 6) is 0.847. The van der Waals surface area contributed by atoms with Gasteiger partial charge in [-0.05, 0) is 137 Å². The van der Waals surface area contributed by atoms with Gasteiger partial charge < -0.3 is 68.2 Å². The molecule has 0 radical (unpaired) electrons. The number of ketones is 1. The summed E-state index contributed by atoms with van der Waals surface area (Å²) in [7, 11) is 29.8. The van der Waals surface area contributed by atoms with Crippen molar-refractivity contribution in [1.29, 1.82) is 0 Å². The first-order chi connectivity index (χ1) is 40.0. The lowest BCUT2D eigenvalue weighted by Gasteiger charge is -2.27. The Labute approximate surface area is 600 Å². The van der Waals surface area contributed by atoms with Crippen LogP contribution in [0.25, 0.3) is 0 Å². The highest BCUT2D eigenvalue weighted by atomic mass is 32.3. The lowest BCUT2D eigenvalue weighted by molar-refractivity contribution is -0.849. The molecule has 0 atom stereocenters. The van der Waals surface area contributed by atoms with Gasteiger partial charge in [0, 0.05) is 94.0 Å². The van der Waals surface area contributed by atoms with E-state index in [2.05, 4.69) is 130 Å². The summed E-state index contributed by atoms with van der Waals surface area (Å²) in [5.41, 5.74) is 9.34. The molecular formula is C65H172N7O21S3+. The average molecular weight is 1480 g/mol. The first-order valence-corrected chi connectivity index (χ1v) is 33.2. The molecule has 0 saturated carbocycles. The maximum Gasteiger partial charge on any atom is 0.507 e. The minimum absolute atomic E-state index is 0. The SMILES string of the molecule is C.C.C.C.C.CC(=O)N(C)C.CC(C)(C)N.CC(C)=C(C)C.CC(C)=O.CC(C)C.CC(C)O.CCCCOC.CCOC.CN(C)C.CN=C(C)C.CNS(C)(=O)=O.COC.COC(=O)OC.COC(C)=O.COS(=O)(=O)OC.COS(C)(=O)=O.C[N+](C)(C)C.C[N+](C)(C)[O-]. The lowest BCUT2D eigenvalue weighted by Crippen LogP contribution is -2.27. The molecule has 4 N–H and O–H groups in total. The number of hydroxylamine groups is 3. The predicted octanol–water partition coefficient (Wildman–Crippen LogP) is 12.0. The summed E-state index contributed by atoms with van der Waals surface area (Å²) < 4.78 is 99.4. The van der Waals surface area contributed by atoms with Crippen molar-refractivity contribution in [2.45, 2.75) is 200 Å². The van der Waals surface area contributed by atoms with Crippen molar-refractivity contribution < 1.29 is 99.6 Å². The Bertz CT molecular complexity index is 1690. The zero-order chi connectivity index (χ0) is 79.0. The van der Waals surface area contributed by atoms with Gasteiger partial charge in [-0.1, -0.05) is 82.4 Å². The number of unbranched alkanes of at least 4 members (excludes halogenated alkanes) is 1. The van der Waals surface area contributed by atoms with Gasteiger partial charge in [-0.15, -0.1) is 0 Å². The van der Waals surface area contributed by atoms with Gasteiger partial charge in [0.2, 0.25) is 15.9 Å². The molecule has 0 fully saturated rings. The predicted molar refractivity (Wildman–Crippen MR) is 419 cm³/mol. The third kappa shape index (κ3) is 889. The van der Waals surface area contributed by atoms with E-state index in [0.29, 0.717) is 0 Å². The number of nitrogens with two attached hydrogens (primary N) is 1. The largest absolute Gasteiger partial charge is 0.633 e. The van der Waals surface area contributed by atoms with Crippen LogP contribution in [0.1, 0.15) is 188 Å². The Morgan fingerprint density at radius 1 is 0.594 bits per heavy atom. The molecule has 610 valence electrons. The Morgan fingerprint density at radius 3 is 0.760 bits per heavy atom. The van der Waals surface area contributed by atoms with Crippen LogP contribution in [-0.2, 0) is 85.9 Å². The molecule has 0 spiro atoms. The Balaban J connectivity index is -0.0000000280. The first-order valence-electron chi connectivity index (χ1n) is 28.2. The fourth-order valence-electron chi connectivity index (χ4n) is 0.440. The molecule has 0 unspecified atom stereocenters. The number of aliphatic imine (C=N–C) groups is 1. The highest BCUT2D eigenvalue weighted by molar-refractivity contribution is 7.88. The number of amides is 1. The van der Waals surface area contributed by atoms with Crippen LogP contribution in [0.3, 0.4) is 0 Å². The molecule has 0 bridgehead atoms. The topological polar surface area (TPSA) is 354 Å². The Morgan fingerprint density at radius 2 is 0.750 bits per heavy atom. The van der Waals surface area contributed by atoms with Gasteiger partial charge >= 0.3 is 22.5 Å². The molecule has 1 amide bonds. The molecule has 31 heteroatoms. The standard InChI is InChI=1S/C6H12.C5H12O.C4H9NO.C4H12N.C4H9N.C4H11N.C4H10.C3H9NO.C3H9N.C3H6O3.C3H6O2.2C3H8O.C3H6O.C2H7NO2S.C2H6O4S.C2H6O3S.C2H6O.5CH4/c1-5(2)6(3)4;1-3-4-5-6-2;1-4(6)5(2)3;1-5(2,3)4;1-4(2)5-3;1-4(2,3)5;1-4(2)3;1-4(2,3)5;1-4(2)3;1-5-3(4)6-2;1-3(4)5-2;1-3-4-2;2*1-3(2)4;1-3-6(2,4)5;1-5-7(3,4)6-2;1-5-6(2,3)4;1-3-2;;;;;/h1-4H3;3-5H2,1-2H3;1-3H3;1-4H3;1-3H3;5H2,1-3H3;4H,1-3H3;1-3H3;1-3H3;1-2H3;1-2H3;3H2,1-2H3;3-4H,1-2H3;1-2H3;3H,1-2H3;1-2H3;1-2H3;1-2H3;5*1H4/q;;;+1;;;;;;;;;;;;;;;;;;;. The number of quaternary nitrogens is 2. The zero-order valence-electron chi connectivity index (χ0n) is 67.1. The van der Waals surface area contributed by atoms with Crippen molar-refractivity contribution in [3.8, 4) is 0 Å². The fourth-order valence-corrected chi connectivity index (χ4v) is 0.576. The van der Waals surface area contributed by atoms with E-state index in [9.17, 15) is 49.6 Å². The van der Waals surface area contributed by atoms with E-state index in [0.717, 1.165) is 63.2 Å². The number of nitrogens with one attached hydrogen (secondary N) is 1. The quantitative estimate of drug-likeness (QED) is 0.0386. The Kier molecular flexibility index (Phi) is 193. The summed E-state index contributed by atoms with van der Waals surface area (Å²) in [6, 6.07) is 0. The van der Waals surface area contributed by atoms with Crippen LogP contribution in [0.15, 0.2) is 16.1 Å². The minimum Gasteiger partial charge on any atom is -0.633 e. The molecule has 0 aliphatic rings. The van der Waals surface area contributed by atoms with E-state index in [1.54, 1.807) is 84.6 Å². The number of carbonyl (C=O) groups is 4. The zero-order valence-corrected chi connectivity index (χ0v) is 69.6. The van der Waals surface area contributed by atoms with E-state index >= 15 is 0 Å². The minimum atomic E-state index is -3.66. The highest BCUT2D eigenvalue weighted by Crippen LogP contribution is 1.97. The van der Waals surface area contributed by atoms with Gasteiger partial charge in [-0.25, -0.2) is 17.9 Å². The second-order valence-electron chi connectivity index (χ2n) is 22.9. The number of Topliss-reactive ketones (excluding diaryl/α,β-unsaturated/α-hetero) is 1. The molecule has 96 heavy (non-hydrogen) atoms. The van der Waals surface area contributed by atoms with Crippen LogP contribution < -0.4 is 10.5 Å². The van der Waals surface area contributed by atoms with Crippen LogP contribution in [-0.4, -0.2) is 286 Å². The van der Waals surface area contributed by atoms with Crippen LogP contribution in [0.5, 0.6) is 0 Å². The van der Waals surface area contributed by atoms with Gasteiger partial charge in [0.05, 0.1) is 105 Å². The third-order valence-corrected chi connectivity index (χ3v) is 6.93. The molecule has 0 rings (SSSR count). The van der Waals surface area contributed by atoms with Crippen molar-refractivity contribution in [2.75, 3.05) is 195 Å². The normalized spacial score (nSPS) is 8.79. The van der Waals surface area contributed by atoms with Gasteiger partial charge in [0.25, 0.3) is 10.1 Å². The van der Waals surface area contributed by atoms with Crippen molar-refractivity contribution in [1.82, 2.24) is 14.5 Å². The molecule has 0 aromatic carbocycles. The highest BCUT2D eigenvalue weighted by Gasteiger charge is 2.01. The number of nitrogens with zero attached hydrogens (tertiary/aromatic N) is 5. The number of sulfonamides is 1.